The Balaban J connectivity index is 2.11. The smallest absolute Gasteiger partial charge is 0.321 e. The second kappa shape index (κ2) is 5.52. The molecule has 1 aliphatic rings. The summed E-state index contributed by atoms with van der Waals surface area (Å²) in [6, 6.07) is -0.464. The van der Waals surface area contributed by atoms with Crippen molar-refractivity contribution < 1.29 is 14.3 Å². The highest BCUT2D eigenvalue weighted by atomic mass is 16.4. The first kappa shape index (κ1) is 15.0. The Bertz CT molecular complexity index is 478. The average Bonchev–Trinajstić information content (AvgIpc) is 2.76. The molecule has 0 aliphatic carbocycles. The van der Waals surface area contributed by atoms with Gasteiger partial charge in [0.15, 0.2) is 0 Å². The molecule has 112 valence electrons. The van der Waals surface area contributed by atoms with Crippen molar-refractivity contribution in [2.45, 2.75) is 58.5 Å². The van der Waals surface area contributed by atoms with Crippen LogP contribution in [-0.4, -0.2) is 38.8 Å². The molecule has 0 saturated carbocycles. The van der Waals surface area contributed by atoms with Gasteiger partial charge in [-0.2, -0.15) is 0 Å². The maximum absolute atomic E-state index is 11.4. The van der Waals surface area contributed by atoms with Crippen molar-refractivity contribution >= 4 is 5.97 Å². The number of aromatic nitrogens is 2. The normalized spacial score (nSPS) is 24.8. The maximum atomic E-state index is 11.4. The third kappa shape index (κ3) is 3.17. The van der Waals surface area contributed by atoms with E-state index in [4.69, 9.17) is 4.42 Å². The van der Waals surface area contributed by atoms with Crippen molar-refractivity contribution in [3.63, 3.8) is 0 Å². The van der Waals surface area contributed by atoms with Crippen molar-refractivity contribution in [2.75, 3.05) is 6.54 Å². The number of hydrogen-bond donors (Lipinski definition) is 1. The summed E-state index contributed by atoms with van der Waals surface area (Å²) >= 11 is 0. The Morgan fingerprint density at radius 1 is 1.45 bits per heavy atom. The highest BCUT2D eigenvalue weighted by molar-refractivity contribution is 5.74. The summed E-state index contributed by atoms with van der Waals surface area (Å²) < 4.78 is 5.66. The van der Waals surface area contributed by atoms with Crippen LogP contribution in [0.1, 0.15) is 52.3 Å². The third-order valence-electron chi connectivity index (χ3n) is 3.74. The molecule has 6 heteroatoms. The minimum atomic E-state index is -0.771. The molecule has 1 aromatic heterocycles. The molecule has 20 heavy (non-hydrogen) atoms. The van der Waals surface area contributed by atoms with Gasteiger partial charge in [-0.05, 0) is 25.3 Å². The number of aliphatic carboxylic acids is 1. The van der Waals surface area contributed by atoms with E-state index < -0.39 is 12.0 Å². The van der Waals surface area contributed by atoms with Crippen molar-refractivity contribution in [1.29, 1.82) is 0 Å². The molecule has 1 aromatic rings. The van der Waals surface area contributed by atoms with Crippen LogP contribution in [0.3, 0.4) is 0 Å². The Morgan fingerprint density at radius 3 is 2.70 bits per heavy atom. The van der Waals surface area contributed by atoms with Crippen molar-refractivity contribution in [3.8, 4) is 0 Å². The van der Waals surface area contributed by atoms with Gasteiger partial charge in [-0.3, -0.25) is 9.69 Å². The first-order chi connectivity index (χ1) is 9.29. The molecule has 2 rings (SSSR count). The Labute approximate surface area is 119 Å². The second-order valence-electron chi connectivity index (χ2n) is 6.62. The molecule has 0 bridgehead atoms. The number of hydrogen-bond acceptors (Lipinski definition) is 5. The lowest BCUT2D eigenvalue weighted by Gasteiger charge is -2.36. The number of carbonyl (C=O) groups is 1. The zero-order valence-corrected chi connectivity index (χ0v) is 12.6. The standard InChI is InChI=1S/C14H23N3O3/c1-9-6-5-7-17(11(9)12(18)19)8-10-15-16-13(20-10)14(2,3)4/h9,11H,5-8H2,1-4H3,(H,18,19). The lowest BCUT2D eigenvalue weighted by atomic mass is 9.91. The fourth-order valence-electron chi connectivity index (χ4n) is 2.64. The van der Waals surface area contributed by atoms with Gasteiger partial charge in [-0.1, -0.05) is 27.7 Å². The number of carboxylic acid groups (broad SMARTS) is 1. The van der Waals surface area contributed by atoms with Gasteiger partial charge in [0, 0.05) is 5.41 Å². The van der Waals surface area contributed by atoms with E-state index in [2.05, 4.69) is 10.2 Å². The number of rotatable bonds is 3. The van der Waals surface area contributed by atoms with Crippen LogP contribution in [0.25, 0.3) is 0 Å². The molecular formula is C14H23N3O3. The quantitative estimate of drug-likeness (QED) is 0.913. The van der Waals surface area contributed by atoms with E-state index >= 15 is 0 Å². The minimum Gasteiger partial charge on any atom is -0.480 e. The van der Waals surface area contributed by atoms with E-state index in [1.54, 1.807) is 0 Å². The number of likely N-dealkylation sites (tertiary alicyclic amines) is 1. The predicted octanol–water partition coefficient (Wildman–Crippen LogP) is 2.05. The SMILES string of the molecule is CC1CCCN(Cc2nnc(C(C)(C)C)o2)C1C(=O)O. The van der Waals surface area contributed by atoms with Crippen LogP contribution >= 0.6 is 0 Å². The van der Waals surface area contributed by atoms with Gasteiger partial charge in [0.05, 0.1) is 6.54 Å². The summed E-state index contributed by atoms with van der Waals surface area (Å²) in [4.78, 5) is 13.3. The highest BCUT2D eigenvalue weighted by Crippen LogP contribution is 2.26. The van der Waals surface area contributed by atoms with Crippen molar-refractivity contribution in [3.05, 3.63) is 11.8 Å². The second-order valence-corrected chi connectivity index (χ2v) is 6.62. The van der Waals surface area contributed by atoms with Gasteiger partial charge in [0.2, 0.25) is 11.8 Å². The molecule has 0 radical (unpaired) electrons. The molecule has 0 aromatic carbocycles. The summed E-state index contributed by atoms with van der Waals surface area (Å²) in [7, 11) is 0. The van der Waals surface area contributed by atoms with Gasteiger partial charge < -0.3 is 9.52 Å². The molecule has 1 N–H and O–H groups in total. The van der Waals surface area contributed by atoms with Crippen molar-refractivity contribution in [1.82, 2.24) is 15.1 Å². The summed E-state index contributed by atoms with van der Waals surface area (Å²) in [6.07, 6.45) is 1.95. The molecule has 1 saturated heterocycles. The predicted molar refractivity (Wildman–Crippen MR) is 73.2 cm³/mol. The molecule has 6 nitrogen and oxygen atoms in total. The van der Waals surface area contributed by atoms with E-state index in [9.17, 15) is 9.90 Å². The largest absolute Gasteiger partial charge is 0.480 e. The van der Waals surface area contributed by atoms with Crippen molar-refractivity contribution in [2.24, 2.45) is 5.92 Å². The van der Waals surface area contributed by atoms with Gasteiger partial charge in [0.1, 0.15) is 6.04 Å². The van der Waals surface area contributed by atoms with Crippen LogP contribution in [0.2, 0.25) is 0 Å². The van der Waals surface area contributed by atoms with Gasteiger partial charge >= 0.3 is 5.97 Å². The zero-order valence-electron chi connectivity index (χ0n) is 12.6. The van der Waals surface area contributed by atoms with Crippen LogP contribution in [-0.2, 0) is 16.8 Å². The monoisotopic (exact) mass is 281 g/mol. The number of nitrogens with zero attached hydrogens (tertiary/aromatic N) is 3. The lowest BCUT2D eigenvalue weighted by molar-refractivity contribution is -0.147. The molecule has 2 unspecified atom stereocenters. The minimum absolute atomic E-state index is 0.145. The highest BCUT2D eigenvalue weighted by Gasteiger charge is 2.35. The fourth-order valence-corrected chi connectivity index (χ4v) is 2.64. The van der Waals surface area contributed by atoms with Crippen LogP contribution in [0.4, 0.5) is 0 Å². The Kier molecular flexibility index (Phi) is 4.13. The molecular weight excluding hydrogens is 258 g/mol. The first-order valence-electron chi connectivity index (χ1n) is 7.09. The van der Waals surface area contributed by atoms with Gasteiger partial charge in [-0.25, -0.2) is 0 Å². The zero-order chi connectivity index (χ0) is 14.9. The first-order valence-corrected chi connectivity index (χ1v) is 7.09. The van der Waals surface area contributed by atoms with E-state index in [1.807, 2.05) is 32.6 Å². The molecule has 1 aliphatic heterocycles. The van der Waals surface area contributed by atoms with Crippen LogP contribution in [0.5, 0.6) is 0 Å². The molecule has 1 fully saturated rings. The van der Waals surface area contributed by atoms with Gasteiger partial charge in [-0.15, -0.1) is 10.2 Å². The fraction of sp³-hybridized carbons (Fsp3) is 0.786. The summed E-state index contributed by atoms with van der Waals surface area (Å²) in [5, 5.41) is 17.5. The Hall–Kier alpha value is -1.43. The topological polar surface area (TPSA) is 79.5 Å². The van der Waals surface area contributed by atoms with Crippen LogP contribution in [0.15, 0.2) is 4.42 Å². The van der Waals surface area contributed by atoms with E-state index in [1.165, 1.54) is 0 Å². The van der Waals surface area contributed by atoms with E-state index in [-0.39, 0.29) is 11.3 Å². The molecule has 0 spiro atoms. The Morgan fingerprint density at radius 2 is 2.15 bits per heavy atom. The van der Waals surface area contributed by atoms with E-state index in [0.29, 0.717) is 18.3 Å². The molecule has 0 amide bonds. The van der Waals surface area contributed by atoms with Crippen LogP contribution in [0, 0.1) is 5.92 Å². The van der Waals surface area contributed by atoms with Gasteiger partial charge in [0.25, 0.3) is 0 Å². The average molecular weight is 281 g/mol. The van der Waals surface area contributed by atoms with Crippen LogP contribution < -0.4 is 0 Å². The number of piperidine rings is 1. The summed E-state index contributed by atoms with van der Waals surface area (Å²) in [6.45, 7) is 9.17. The summed E-state index contributed by atoms with van der Waals surface area (Å²) in [5.41, 5.74) is -0.188. The number of carboxylic acids is 1. The molecule has 2 atom stereocenters. The molecule has 2 heterocycles. The maximum Gasteiger partial charge on any atom is 0.321 e. The summed E-state index contributed by atoms with van der Waals surface area (Å²) in [5.74, 6) is 0.457. The lowest BCUT2D eigenvalue weighted by Crippen LogP contribution is -2.48. The third-order valence-corrected chi connectivity index (χ3v) is 3.74. The van der Waals surface area contributed by atoms with E-state index in [0.717, 1.165) is 19.4 Å².